The van der Waals surface area contributed by atoms with Gasteiger partial charge in [-0.15, -0.1) is 0 Å². The third-order valence-electron chi connectivity index (χ3n) is 2.51. The Hall–Kier alpha value is -0.0800. The zero-order chi connectivity index (χ0) is 7.45. The summed E-state index contributed by atoms with van der Waals surface area (Å²) in [5.41, 5.74) is 6.10. The van der Waals surface area contributed by atoms with E-state index in [0.717, 1.165) is 19.4 Å². The minimum absolute atomic E-state index is 0.334. The van der Waals surface area contributed by atoms with Crippen molar-refractivity contribution in [3.05, 3.63) is 0 Å². The molecule has 0 saturated heterocycles. The van der Waals surface area contributed by atoms with Crippen LogP contribution in [0.4, 0.5) is 0 Å². The summed E-state index contributed by atoms with van der Waals surface area (Å²) >= 11 is 0. The molecule has 3 N–H and O–H groups in total. The molecule has 0 aromatic carbocycles. The summed E-state index contributed by atoms with van der Waals surface area (Å²) in [5.74, 6) is 0. The van der Waals surface area contributed by atoms with E-state index in [9.17, 15) is 0 Å². The molecular formula is C8H17NO. The van der Waals surface area contributed by atoms with Crippen molar-refractivity contribution in [1.82, 2.24) is 0 Å². The Bertz CT molecular complexity index is 99.4. The summed E-state index contributed by atoms with van der Waals surface area (Å²) in [5, 5.41) is 8.52. The summed E-state index contributed by atoms with van der Waals surface area (Å²) in [4.78, 5) is 0. The summed E-state index contributed by atoms with van der Waals surface area (Å²) in [6.07, 6.45) is 5.95. The molecule has 0 heterocycles. The number of hydrogen-bond donors (Lipinski definition) is 2. The highest BCUT2D eigenvalue weighted by Crippen LogP contribution is 2.48. The maximum Gasteiger partial charge on any atom is 0.0431 e. The maximum absolute atomic E-state index is 8.52. The maximum atomic E-state index is 8.52. The van der Waals surface area contributed by atoms with Crippen LogP contribution < -0.4 is 5.73 Å². The Labute approximate surface area is 62.4 Å². The normalized spacial score (nSPS) is 21.0. The molecule has 0 amide bonds. The molecule has 0 spiro atoms. The van der Waals surface area contributed by atoms with Crippen LogP contribution >= 0.6 is 0 Å². The van der Waals surface area contributed by atoms with Crippen molar-refractivity contribution in [1.29, 1.82) is 0 Å². The van der Waals surface area contributed by atoms with Gasteiger partial charge in [-0.25, -0.2) is 0 Å². The van der Waals surface area contributed by atoms with Crippen molar-refractivity contribution in [3.63, 3.8) is 0 Å². The second-order valence-electron chi connectivity index (χ2n) is 3.38. The number of nitrogens with two attached hydrogens (primary N) is 1. The van der Waals surface area contributed by atoms with Gasteiger partial charge in [0.1, 0.15) is 0 Å². The zero-order valence-corrected chi connectivity index (χ0v) is 6.47. The van der Waals surface area contributed by atoms with E-state index in [-0.39, 0.29) is 0 Å². The van der Waals surface area contributed by atoms with Gasteiger partial charge in [0.05, 0.1) is 0 Å². The van der Waals surface area contributed by atoms with Crippen molar-refractivity contribution in [2.24, 2.45) is 11.1 Å². The van der Waals surface area contributed by atoms with Crippen LogP contribution in [0.3, 0.4) is 0 Å². The Morgan fingerprint density at radius 3 is 2.40 bits per heavy atom. The van der Waals surface area contributed by atoms with Gasteiger partial charge in [0.15, 0.2) is 0 Å². The number of aliphatic hydroxyl groups is 1. The van der Waals surface area contributed by atoms with Crippen molar-refractivity contribution in [2.75, 3.05) is 13.2 Å². The lowest BCUT2D eigenvalue weighted by molar-refractivity contribution is 0.276. The fraction of sp³-hybridized carbons (Fsp3) is 1.00. The lowest BCUT2D eigenvalue weighted by Crippen LogP contribution is -2.15. The molecule has 0 aromatic rings. The molecule has 1 aliphatic carbocycles. The molecular weight excluding hydrogens is 126 g/mol. The average Bonchev–Trinajstić information content (AvgIpc) is 2.70. The lowest BCUT2D eigenvalue weighted by atomic mass is 10.00. The van der Waals surface area contributed by atoms with Gasteiger partial charge < -0.3 is 10.8 Å². The molecule has 60 valence electrons. The summed E-state index contributed by atoms with van der Waals surface area (Å²) in [6.45, 7) is 1.18. The van der Waals surface area contributed by atoms with Gasteiger partial charge in [0, 0.05) is 6.61 Å². The number of aliphatic hydroxyl groups excluding tert-OH is 1. The molecule has 1 saturated carbocycles. The van der Waals surface area contributed by atoms with Crippen LogP contribution in [-0.4, -0.2) is 18.3 Å². The van der Waals surface area contributed by atoms with E-state index >= 15 is 0 Å². The summed E-state index contributed by atoms with van der Waals surface area (Å²) < 4.78 is 0. The van der Waals surface area contributed by atoms with E-state index in [1.807, 2.05) is 0 Å². The number of unbranched alkanes of at least 4 members (excludes halogenated alkanes) is 1. The van der Waals surface area contributed by atoms with Gasteiger partial charge in [-0.05, 0) is 37.6 Å². The van der Waals surface area contributed by atoms with Gasteiger partial charge in [-0.1, -0.05) is 6.42 Å². The molecule has 0 unspecified atom stereocenters. The topological polar surface area (TPSA) is 46.2 Å². The van der Waals surface area contributed by atoms with E-state index in [2.05, 4.69) is 0 Å². The Morgan fingerprint density at radius 1 is 1.30 bits per heavy atom. The highest BCUT2D eigenvalue weighted by molar-refractivity contribution is 4.93. The van der Waals surface area contributed by atoms with Crippen molar-refractivity contribution in [2.45, 2.75) is 32.1 Å². The molecule has 10 heavy (non-hydrogen) atoms. The smallest absolute Gasteiger partial charge is 0.0431 e. The third kappa shape index (κ3) is 1.96. The van der Waals surface area contributed by atoms with Crippen LogP contribution in [-0.2, 0) is 0 Å². The second-order valence-corrected chi connectivity index (χ2v) is 3.38. The first-order valence-corrected chi connectivity index (χ1v) is 4.14. The molecule has 1 aliphatic rings. The first kappa shape index (κ1) is 8.02. The Morgan fingerprint density at radius 2 is 2.00 bits per heavy atom. The predicted molar refractivity (Wildman–Crippen MR) is 41.7 cm³/mol. The number of rotatable bonds is 5. The monoisotopic (exact) mass is 143 g/mol. The summed E-state index contributed by atoms with van der Waals surface area (Å²) in [6, 6.07) is 0. The van der Waals surface area contributed by atoms with Crippen LogP contribution in [0.25, 0.3) is 0 Å². The molecule has 0 aliphatic heterocycles. The molecule has 2 nitrogen and oxygen atoms in total. The minimum atomic E-state index is 0.334. The Kier molecular flexibility index (Phi) is 2.69. The molecule has 0 radical (unpaired) electrons. The highest BCUT2D eigenvalue weighted by Gasteiger charge is 2.39. The van der Waals surface area contributed by atoms with Crippen LogP contribution in [0.15, 0.2) is 0 Å². The SMILES string of the molecule is NCC1(CCCCO)CC1. The number of hydrogen-bond acceptors (Lipinski definition) is 2. The van der Waals surface area contributed by atoms with Crippen LogP contribution in [0, 0.1) is 5.41 Å². The van der Waals surface area contributed by atoms with Gasteiger partial charge in [-0.3, -0.25) is 0 Å². The van der Waals surface area contributed by atoms with Gasteiger partial charge in [0.2, 0.25) is 0 Å². The van der Waals surface area contributed by atoms with Crippen LogP contribution in [0.5, 0.6) is 0 Å². The second kappa shape index (κ2) is 3.35. The van der Waals surface area contributed by atoms with E-state index in [0.29, 0.717) is 12.0 Å². The molecule has 0 bridgehead atoms. The van der Waals surface area contributed by atoms with E-state index in [4.69, 9.17) is 10.8 Å². The Balaban J connectivity index is 2.01. The standard InChI is InChI=1S/C8H17NO/c9-7-8(4-5-8)3-1-2-6-10/h10H,1-7,9H2. The summed E-state index contributed by atoms with van der Waals surface area (Å²) in [7, 11) is 0. The van der Waals surface area contributed by atoms with Crippen LogP contribution in [0.1, 0.15) is 32.1 Å². The molecule has 1 rings (SSSR count). The van der Waals surface area contributed by atoms with Crippen molar-refractivity contribution >= 4 is 0 Å². The third-order valence-corrected chi connectivity index (χ3v) is 2.51. The van der Waals surface area contributed by atoms with Gasteiger partial charge in [0.25, 0.3) is 0 Å². The predicted octanol–water partition coefficient (Wildman–Crippen LogP) is 0.888. The van der Waals surface area contributed by atoms with E-state index in [1.54, 1.807) is 0 Å². The fourth-order valence-corrected chi connectivity index (χ4v) is 1.34. The minimum Gasteiger partial charge on any atom is -0.396 e. The molecule has 2 heteroatoms. The average molecular weight is 143 g/mol. The lowest BCUT2D eigenvalue weighted by Gasteiger charge is -2.09. The van der Waals surface area contributed by atoms with Gasteiger partial charge in [-0.2, -0.15) is 0 Å². The van der Waals surface area contributed by atoms with E-state index in [1.165, 1.54) is 19.3 Å². The van der Waals surface area contributed by atoms with Gasteiger partial charge >= 0.3 is 0 Å². The van der Waals surface area contributed by atoms with Crippen molar-refractivity contribution < 1.29 is 5.11 Å². The van der Waals surface area contributed by atoms with Crippen molar-refractivity contribution in [3.8, 4) is 0 Å². The van der Waals surface area contributed by atoms with Crippen LogP contribution in [0.2, 0.25) is 0 Å². The first-order chi connectivity index (χ1) is 4.83. The zero-order valence-electron chi connectivity index (χ0n) is 6.47. The first-order valence-electron chi connectivity index (χ1n) is 4.14. The largest absolute Gasteiger partial charge is 0.396 e. The molecule has 0 atom stereocenters. The molecule has 1 fully saturated rings. The fourth-order valence-electron chi connectivity index (χ4n) is 1.34. The van der Waals surface area contributed by atoms with E-state index < -0.39 is 0 Å². The quantitative estimate of drug-likeness (QED) is 0.561. The molecule has 0 aromatic heterocycles. The highest BCUT2D eigenvalue weighted by atomic mass is 16.2.